The third kappa shape index (κ3) is 1.88. The highest BCUT2D eigenvalue weighted by Crippen LogP contribution is 2.39. The maximum Gasteiger partial charge on any atom is 0.0499 e. The van der Waals surface area contributed by atoms with Crippen LogP contribution in [0.2, 0.25) is 0 Å². The molecule has 2 nitrogen and oxygen atoms in total. The Bertz CT molecular complexity index is 177. The van der Waals surface area contributed by atoms with E-state index in [-0.39, 0.29) is 0 Å². The van der Waals surface area contributed by atoms with Gasteiger partial charge in [0, 0.05) is 18.5 Å². The molecule has 1 unspecified atom stereocenters. The molecule has 0 aromatic carbocycles. The maximum atomic E-state index is 4.48. The molecule has 76 valence electrons. The van der Waals surface area contributed by atoms with Crippen molar-refractivity contribution in [2.45, 2.75) is 25.1 Å². The first-order valence-electron chi connectivity index (χ1n) is 5.22. The van der Waals surface area contributed by atoms with Gasteiger partial charge in [0.05, 0.1) is 0 Å². The summed E-state index contributed by atoms with van der Waals surface area (Å²) in [6.45, 7) is 7.31. The van der Waals surface area contributed by atoms with E-state index in [1.54, 1.807) is 0 Å². The Morgan fingerprint density at radius 1 is 1.23 bits per heavy atom. The summed E-state index contributed by atoms with van der Waals surface area (Å²) in [4.78, 5) is 4.91. The summed E-state index contributed by atoms with van der Waals surface area (Å²) in [6.07, 6.45) is 2.75. The normalized spacial score (nSPS) is 31.6. The van der Waals surface area contributed by atoms with Crippen LogP contribution in [0.5, 0.6) is 0 Å². The summed E-state index contributed by atoms with van der Waals surface area (Å²) in [6, 6.07) is 0. The lowest BCUT2D eigenvalue weighted by atomic mass is 9.72. The second-order valence-corrected chi connectivity index (χ2v) is 5.59. The zero-order valence-corrected chi connectivity index (χ0v) is 9.56. The number of nitrogens with zero attached hydrogens (tertiary/aromatic N) is 2. The van der Waals surface area contributed by atoms with Crippen molar-refractivity contribution in [1.82, 2.24) is 9.80 Å². The van der Waals surface area contributed by atoms with Crippen molar-refractivity contribution in [1.29, 1.82) is 0 Å². The Labute approximate surface area is 86.7 Å². The quantitative estimate of drug-likeness (QED) is 0.637. The minimum atomic E-state index is 0.440. The van der Waals surface area contributed by atoms with Gasteiger partial charge in [-0.25, -0.2) is 0 Å². The van der Waals surface area contributed by atoms with Gasteiger partial charge < -0.3 is 4.90 Å². The lowest BCUT2D eigenvalue weighted by molar-refractivity contribution is -0.0323. The van der Waals surface area contributed by atoms with E-state index >= 15 is 0 Å². The molecule has 0 saturated carbocycles. The molecular weight excluding hydrogens is 180 g/mol. The summed E-state index contributed by atoms with van der Waals surface area (Å²) in [5, 5.41) is 0.440. The molecule has 2 fully saturated rings. The first kappa shape index (κ1) is 9.81. The van der Waals surface area contributed by atoms with Crippen molar-refractivity contribution in [2.24, 2.45) is 5.41 Å². The smallest absolute Gasteiger partial charge is 0.0499 e. The molecule has 1 atom stereocenters. The number of piperidine rings is 1. The standard InChI is InChI=1S/C10H20N2S/c1-9(13)12-5-3-10(4-6-12)7-11(2)8-10/h9,13H,3-8H2,1-2H3. The first-order valence-corrected chi connectivity index (χ1v) is 5.74. The SMILES string of the molecule is CC(S)N1CCC2(CC1)CN(C)C2. The van der Waals surface area contributed by atoms with Crippen LogP contribution in [-0.4, -0.2) is 48.4 Å². The highest BCUT2D eigenvalue weighted by Gasteiger charge is 2.43. The molecule has 0 aromatic heterocycles. The highest BCUT2D eigenvalue weighted by molar-refractivity contribution is 7.80. The fourth-order valence-electron chi connectivity index (χ4n) is 2.79. The molecule has 0 bridgehead atoms. The summed E-state index contributed by atoms with van der Waals surface area (Å²) < 4.78 is 0. The van der Waals surface area contributed by atoms with E-state index < -0.39 is 0 Å². The zero-order valence-electron chi connectivity index (χ0n) is 8.66. The molecule has 13 heavy (non-hydrogen) atoms. The van der Waals surface area contributed by atoms with Crippen LogP contribution in [0.3, 0.4) is 0 Å². The Morgan fingerprint density at radius 3 is 2.15 bits per heavy atom. The average molecular weight is 200 g/mol. The number of hydrogen-bond donors (Lipinski definition) is 1. The average Bonchev–Trinajstić information content (AvgIpc) is 2.03. The van der Waals surface area contributed by atoms with E-state index in [9.17, 15) is 0 Å². The molecule has 0 aliphatic carbocycles. The van der Waals surface area contributed by atoms with Crippen molar-refractivity contribution in [2.75, 3.05) is 33.2 Å². The van der Waals surface area contributed by atoms with Gasteiger partial charge in [-0.05, 0) is 45.3 Å². The third-order valence-corrected chi connectivity index (χ3v) is 3.92. The topological polar surface area (TPSA) is 6.48 Å². The van der Waals surface area contributed by atoms with Crippen LogP contribution in [0, 0.1) is 5.41 Å². The lowest BCUT2D eigenvalue weighted by Crippen LogP contribution is -2.59. The van der Waals surface area contributed by atoms with E-state index in [4.69, 9.17) is 0 Å². The highest BCUT2D eigenvalue weighted by atomic mass is 32.1. The minimum absolute atomic E-state index is 0.440. The van der Waals surface area contributed by atoms with Gasteiger partial charge in [0.25, 0.3) is 0 Å². The Hall–Kier alpha value is 0.270. The van der Waals surface area contributed by atoms with Gasteiger partial charge in [-0.15, -0.1) is 0 Å². The van der Waals surface area contributed by atoms with Crippen molar-refractivity contribution < 1.29 is 0 Å². The molecule has 2 heterocycles. The van der Waals surface area contributed by atoms with Crippen LogP contribution in [0.4, 0.5) is 0 Å². The van der Waals surface area contributed by atoms with Crippen molar-refractivity contribution in [3.63, 3.8) is 0 Å². The summed E-state index contributed by atoms with van der Waals surface area (Å²) in [5.41, 5.74) is 0.688. The van der Waals surface area contributed by atoms with Gasteiger partial charge in [-0.1, -0.05) is 0 Å². The van der Waals surface area contributed by atoms with E-state index in [1.807, 2.05) is 0 Å². The monoisotopic (exact) mass is 200 g/mol. The van der Waals surface area contributed by atoms with Crippen molar-refractivity contribution >= 4 is 12.6 Å². The Morgan fingerprint density at radius 2 is 1.77 bits per heavy atom. The molecule has 2 rings (SSSR count). The molecular formula is C10H20N2S. The molecule has 0 aromatic rings. The van der Waals surface area contributed by atoms with E-state index in [2.05, 4.69) is 36.4 Å². The second kappa shape index (κ2) is 3.44. The van der Waals surface area contributed by atoms with E-state index in [0.29, 0.717) is 10.8 Å². The number of rotatable bonds is 1. The fourth-order valence-corrected chi connectivity index (χ4v) is 3.02. The van der Waals surface area contributed by atoms with Crippen LogP contribution in [0.1, 0.15) is 19.8 Å². The third-order valence-electron chi connectivity index (χ3n) is 3.60. The molecule has 0 radical (unpaired) electrons. The predicted octanol–water partition coefficient (Wildman–Crippen LogP) is 1.29. The molecule has 1 spiro atoms. The van der Waals surface area contributed by atoms with Gasteiger partial charge in [-0.2, -0.15) is 12.6 Å². The van der Waals surface area contributed by atoms with Gasteiger partial charge >= 0.3 is 0 Å². The van der Waals surface area contributed by atoms with Crippen LogP contribution in [-0.2, 0) is 0 Å². The van der Waals surface area contributed by atoms with E-state index in [1.165, 1.54) is 39.0 Å². The molecule has 0 amide bonds. The number of likely N-dealkylation sites (tertiary alicyclic amines) is 2. The predicted molar refractivity (Wildman–Crippen MR) is 59.2 cm³/mol. The van der Waals surface area contributed by atoms with Crippen LogP contribution in [0.25, 0.3) is 0 Å². The van der Waals surface area contributed by atoms with Crippen LogP contribution in [0.15, 0.2) is 0 Å². The molecule has 3 heteroatoms. The number of hydrogen-bond acceptors (Lipinski definition) is 3. The van der Waals surface area contributed by atoms with Crippen molar-refractivity contribution in [3.8, 4) is 0 Å². The Kier molecular flexibility index (Phi) is 2.60. The zero-order chi connectivity index (χ0) is 9.47. The fraction of sp³-hybridized carbons (Fsp3) is 1.00. The van der Waals surface area contributed by atoms with Crippen molar-refractivity contribution in [3.05, 3.63) is 0 Å². The summed E-state index contributed by atoms with van der Waals surface area (Å²) >= 11 is 4.48. The number of thiol groups is 1. The summed E-state index contributed by atoms with van der Waals surface area (Å²) in [7, 11) is 2.22. The first-order chi connectivity index (χ1) is 6.11. The van der Waals surface area contributed by atoms with Crippen LogP contribution >= 0.6 is 12.6 Å². The maximum absolute atomic E-state index is 4.48. The Balaban J connectivity index is 1.83. The lowest BCUT2D eigenvalue weighted by Gasteiger charge is -2.53. The molecule has 2 aliphatic rings. The van der Waals surface area contributed by atoms with Crippen LogP contribution < -0.4 is 0 Å². The van der Waals surface area contributed by atoms with Gasteiger partial charge in [0.2, 0.25) is 0 Å². The summed E-state index contributed by atoms with van der Waals surface area (Å²) in [5.74, 6) is 0. The minimum Gasteiger partial charge on any atom is -0.305 e. The van der Waals surface area contributed by atoms with E-state index in [0.717, 1.165) is 0 Å². The molecule has 2 saturated heterocycles. The molecule has 2 aliphatic heterocycles. The van der Waals surface area contributed by atoms with Gasteiger partial charge in [0.15, 0.2) is 0 Å². The second-order valence-electron chi connectivity index (χ2n) is 4.84. The largest absolute Gasteiger partial charge is 0.305 e. The molecule has 0 N–H and O–H groups in total. The van der Waals surface area contributed by atoms with Gasteiger partial charge in [0.1, 0.15) is 0 Å². The van der Waals surface area contributed by atoms with Gasteiger partial charge in [-0.3, -0.25) is 4.90 Å².